The molecule has 10 heteroatoms. The molecule has 1 saturated heterocycles. The third kappa shape index (κ3) is 5.11. The number of hydrogen-bond donors (Lipinski definition) is 0. The van der Waals surface area contributed by atoms with Gasteiger partial charge in [0.15, 0.2) is 18.2 Å². The Balaban J connectivity index is 1.39. The third-order valence-electron chi connectivity index (χ3n) is 5.47. The molecule has 1 amide bonds. The van der Waals surface area contributed by atoms with E-state index in [1.165, 1.54) is 35.4 Å². The fraction of sp³-hybridized carbons (Fsp3) is 0.318. The topological polar surface area (TPSA) is 90.2 Å². The van der Waals surface area contributed by atoms with Crippen molar-refractivity contribution >= 4 is 23.5 Å². The molecule has 1 aliphatic rings. The summed E-state index contributed by atoms with van der Waals surface area (Å²) in [5.74, 6) is -0.638. The summed E-state index contributed by atoms with van der Waals surface area (Å²) in [5, 5.41) is 12.0. The van der Waals surface area contributed by atoms with Crippen LogP contribution in [-0.4, -0.2) is 50.1 Å². The van der Waals surface area contributed by atoms with E-state index >= 15 is 0 Å². The van der Waals surface area contributed by atoms with Gasteiger partial charge in [0.1, 0.15) is 12.4 Å². The fourth-order valence-corrected chi connectivity index (χ4v) is 3.98. The lowest BCUT2D eigenvalue weighted by Crippen LogP contribution is -2.41. The normalized spacial score (nSPS) is 15.4. The average Bonchev–Trinajstić information content (AvgIpc) is 3.32. The second-order valence-corrected chi connectivity index (χ2v) is 7.92. The van der Waals surface area contributed by atoms with Gasteiger partial charge >= 0.3 is 6.09 Å². The van der Waals surface area contributed by atoms with Gasteiger partial charge in [-0.05, 0) is 48.4 Å². The Morgan fingerprint density at radius 1 is 1.12 bits per heavy atom. The Morgan fingerprint density at radius 3 is 2.50 bits per heavy atom. The van der Waals surface area contributed by atoms with Crippen molar-refractivity contribution in [2.75, 3.05) is 13.1 Å². The highest BCUT2D eigenvalue weighted by atomic mass is 35.5. The van der Waals surface area contributed by atoms with E-state index in [2.05, 4.69) is 15.4 Å². The summed E-state index contributed by atoms with van der Waals surface area (Å²) in [7, 11) is 0. The van der Waals surface area contributed by atoms with Crippen molar-refractivity contribution in [3.63, 3.8) is 0 Å². The molecule has 32 heavy (non-hydrogen) atoms. The number of amides is 1. The van der Waals surface area contributed by atoms with Crippen molar-refractivity contribution in [1.29, 1.82) is 0 Å². The second-order valence-electron chi connectivity index (χ2n) is 7.52. The number of carbonyl (C=O) groups is 2. The number of rotatable bonds is 6. The summed E-state index contributed by atoms with van der Waals surface area (Å²) in [6.45, 7) is 0.926. The summed E-state index contributed by atoms with van der Waals surface area (Å²) < 4.78 is 18.9. The van der Waals surface area contributed by atoms with E-state index in [0.29, 0.717) is 42.1 Å². The molecule has 1 atom stereocenters. The van der Waals surface area contributed by atoms with E-state index in [9.17, 15) is 14.0 Å². The van der Waals surface area contributed by atoms with E-state index in [0.717, 1.165) is 0 Å². The van der Waals surface area contributed by atoms with Crippen molar-refractivity contribution in [2.24, 2.45) is 5.92 Å². The Labute approximate surface area is 188 Å². The van der Waals surface area contributed by atoms with Gasteiger partial charge in [-0.25, -0.2) is 9.18 Å². The smallest absolute Gasteiger partial charge is 0.410 e. The number of Topliss-reactive ketones (excluding diaryl/α,β-unsaturated/α-hetero) is 1. The summed E-state index contributed by atoms with van der Waals surface area (Å²) in [4.78, 5) is 28.4. The first-order valence-corrected chi connectivity index (χ1v) is 10.6. The predicted octanol–water partition coefficient (Wildman–Crippen LogP) is 3.94. The maximum absolute atomic E-state index is 13.1. The Hall–Kier alpha value is -3.33. The van der Waals surface area contributed by atoms with Crippen LogP contribution in [0.15, 0.2) is 54.9 Å². The van der Waals surface area contributed by atoms with Crippen LogP contribution in [0.1, 0.15) is 34.9 Å². The minimum atomic E-state index is -0.705. The van der Waals surface area contributed by atoms with Gasteiger partial charge < -0.3 is 9.64 Å². The minimum absolute atomic E-state index is 0.0378. The van der Waals surface area contributed by atoms with Gasteiger partial charge in [0.05, 0.1) is 0 Å². The standard InChI is InChI=1S/C22H21ClFN5O3/c23-19-4-2-1-3-18(19)20(13-29-26-14-25-27-29)32-22(31)28-11-9-16(10-12-28)21(30)15-5-7-17(24)8-6-15/h1-8,14,16,20H,9-13H2. The van der Waals surface area contributed by atoms with Crippen molar-refractivity contribution in [3.8, 4) is 0 Å². The van der Waals surface area contributed by atoms with Crippen LogP contribution >= 0.6 is 11.6 Å². The number of nitrogens with zero attached hydrogens (tertiary/aromatic N) is 5. The number of benzene rings is 2. The molecule has 2 heterocycles. The van der Waals surface area contributed by atoms with E-state index in [1.807, 2.05) is 6.07 Å². The van der Waals surface area contributed by atoms with Gasteiger partial charge in [0.2, 0.25) is 0 Å². The van der Waals surface area contributed by atoms with Crippen LogP contribution in [0.5, 0.6) is 0 Å². The number of hydrogen-bond acceptors (Lipinski definition) is 6. The van der Waals surface area contributed by atoms with Crippen LogP contribution in [0.2, 0.25) is 5.02 Å². The molecule has 2 aromatic carbocycles. The number of carbonyl (C=O) groups excluding carboxylic acids is 2. The molecule has 1 aromatic heterocycles. The maximum atomic E-state index is 13.1. The predicted molar refractivity (Wildman–Crippen MR) is 114 cm³/mol. The monoisotopic (exact) mass is 457 g/mol. The summed E-state index contributed by atoms with van der Waals surface area (Å²) in [6.07, 6.45) is 1.11. The molecule has 166 valence electrons. The summed E-state index contributed by atoms with van der Waals surface area (Å²) in [5.41, 5.74) is 1.12. The van der Waals surface area contributed by atoms with E-state index in [1.54, 1.807) is 23.1 Å². The SMILES string of the molecule is O=C(c1ccc(F)cc1)C1CCN(C(=O)OC(Cn2ncnn2)c2ccccc2Cl)CC1. The van der Waals surface area contributed by atoms with Crippen LogP contribution in [0.3, 0.4) is 0 Å². The molecule has 4 rings (SSSR count). The van der Waals surface area contributed by atoms with Crippen LogP contribution in [0.4, 0.5) is 9.18 Å². The molecule has 0 N–H and O–H groups in total. The molecule has 0 spiro atoms. The second kappa shape index (κ2) is 9.86. The zero-order chi connectivity index (χ0) is 22.5. The molecule has 0 saturated carbocycles. The highest BCUT2D eigenvalue weighted by Gasteiger charge is 2.30. The van der Waals surface area contributed by atoms with Crippen molar-refractivity contribution in [3.05, 3.63) is 76.8 Å². The van der Waals surface area contributed by atoms with Gasteiger partial charge in [-0.3, -0.25) is 4.79 Å². The van der Waals surface area contributed by atoms with Crippen LogP contribution in [0, 0.1) is 11.7 Å². The first-order chi connectivity index (χ1) is 15.5. The number of tetrazole rings is 1. The van der Waals surface area contributed by atoms with Gasteiger partial charge in [-0.2, -0.15) is 4.80 Å². The maximum Gasteiger partial charge on any atom is 0.410 e. The molecule has 1 aliphatic heterocycles. The molecule has 0 aliphatic carbocycles. The van der Waals surface area contributed by atoms with Crippen LogP contribution in [-0.2, 0) is 11.3 Å². The van der Waals surface area contributed by atoms with Gasteiger partial charge in [-0.1, -0.05) is 29.8 Å². The van der Waals surface area contributed by atoms with Crippen LogP contribution in [0.25, 0.3) is 0 Å². The number of aromatic nitrogens is 4. The summed E-state index contributed by atoms with van der Waals surface area (Å²) >= 11 is 6.32. The quantitative estimate of drug-likeness (QED) is 0.521. The largest absolute Gasteiger partial charge is 0.439 e. The molecule has 0 radical (unpaired) electrons. The Morgan fingerprint density at radius 2 is 1.84 bits per heavy atom. The zero-order valence-electron chi connectivity index (χ0n) is 17.1. The lowest BCUT2D eigenvalue weighted by molar-refractivity contribution is 0.0408. The Bertz CT molecular complexity index is 1070. The van der Waals surface area contributed by atoms with Crippen molar-refractivity contribution in [1.82, 2.24) is 25.1 Å². The average molecular weight is 458 g/mol. The van der Waals surface area contributed by atoms with Crippen LogP contribution < -0.4 is 0 Å². The fourth-order valence-electron chi connectivity index (χ4n) is 3.73. The molecule has 3 aromatic rings. The highest BCUT2D eigenvalue weighted by molar-refractivity contribution is 6.31. The molecule has 8 nitrogen and oxygen atoms in total. The number of piperidine rings is 1. The number of likely N-dealkylation sites (tertiary alicyclic amines) is 1. The first-order valence-electron chi connectivity index (χ1n) is 10.2. The van der Waals surface area contributed by atoms with E-state index in [-0.39, 0.29) is 24.1 Å². The number of ether oxygens (including phenoxy) is 1. The lowest BCUT2D eigenvalue weighted by Gasteiger charge is -2.32. The number of halogens is 2. The highest BCUT2D eigenvalue weighted by Crippen LogP contribution is 2.29. The van der Waals surface area contributed by atoms with E-state index in [4.69, 9.17) is 16.3 Å². The van der Waals surface area contributed by atoms with E-state index < -0.39 is 12.2 Å². The minimum Gasteiger partial charge on any atom is -0.439 e. The molecule has 1 unspecified atom stereocenters. The molecular formula is C22H21ClFN5O3. The lowest BCUT2D eigenvalue weighted by atomic mass is 9.89. The Kier molecular flexibility index (Phi) is 6.75. The van der Waals surface area contributed by atoms with Crippen molar-refractivity contribution < 1.29 is 18.7 Å². The molecular weight excluding hydrogens is 437 g/mol. The first kappa shape index (κ1) is 21.9. The van der Waals surface area contributed by atoms with Gasteiger partial charge in [0.25, 0.3) is 0 Å². The third-order valence-corrected chi connectivity index (χ3v) is 5.81. The number of ketones is 1. The zero-order valence-corrected chi connectivity index (χ0v) is 17.9. The summed E-state index contributed by atoms with van der Waals surface area (Å²) in [6, 6.07) is 12.6. The van der Waals surface area contributed by atoms with Crippen molar-refractivity contribution in [2.45, 2.75) is 25.5 Å². The van der Waals surface area contributed by atoms with Gasteiger partial charge in [-0.15, -0.1) is 10.2 Å². The molecule has 0 bridgehead atoms. The molecule has 1 fully saturated rings. The van der Waals surface area contributed by atoms with Gasteiger partial charge in [0, 0.05) is 35.2 Å².